The molecule has 2 heterocycles. The summed E-state index contributed by atoms with van der Waals surface area (Å²) in [7, 11) is 1.75. The molecule has 0 fully saturated rings. The van der Waals surface area contributed by atoms with Crippen LogP contribution in [0.2, 0.25) is 0 Å². The molecule has 0 atom stereocenters. The molecule has 0 spiro atoms. The van der Waals surface area contributed by atoms with Crippen molar-refractivity contribution in [3.63, 3.8) is 0 Å². The SMILES string of the molecule is Cc1cc(O)c(C(=O)/C=C/c2cnn(C)c2)c(=O)o1. The smallest absolute Gasteiger partial charge is 0.351 e. The monoisotopic (exact) mass is 260 g/mol. The highest BCUT2D eigenvalue weighted by Crippen LogP contribution is 2.15. The van der Waals surface area contributed by atoms with E-state index in [9.17, 15) is 14.7 Å². The topological polar surface area (TPSA) is 85.3 Å². The average Bonchev–Trinajstić information content (AvgIpc) is 2.71. The number of allylic oxidation sites excluding steroid dienone is 1. The summed E-state index contributed by atoms with van der Waals surface area (Å²) >= 11 is 0. The fourth-order valence-corrected chi connectivity index (χ4v) is 1.60. The highest BCUT2D eigenvalue weighted by atomic mass is 16.4. The fraction of sp³-hybridized carbons (Fsp3) is 0.154. The predicted octanol–water partition coefficient (Wildman–Crippen LogP) is 1.28. The quantitative estimate of drug-likeness (QED) is 0.663. The van der Waals surface area contributed by atoms with Crippen LogP contribution >= 0.6 is 0 Å². The second kappa shape index (κ2) is 4.93. The lowest BCUT2D eigenvalue weighted by Crippen LogP contribution is -2.12. The molecule has 6 heteroatoms. The van der Waals surface area contributed by atoms with E-state index in [1.807, 2.05) is 0 Å². The normalized spacial score (nSPS) is 11.1. The number of carbonyl (C=O) groups is 1. The third-order valence-corrected chi connectivity index (χ3v) is 2.45. The Balaban J connectivity index is 2.31. The van der Waals surface area contributed by atoms with Crippen molar-refractivity contribution in [2.75, 3.05) is 0 Å². The van der Waals surface area contributed by atoms with E-state index < -0.39 is 11.4 Å². The van der Waals surface area contributed by atoms with E-state index in [4.69, 9.17) is 4.42 Å². The van der Waals surface area contributed by atoms with Gasteiger partial charge in [-0.3, -0.25) is 9.48 Å². The molecule has 19 heavy (non-hydrogen) atoms. The van der Waals surface area contributed by atoms with Crippen LogP contribution in [0.25, 0.3) is 6.08 Å². The highest BCUT2D eigenvalue weighted by Gasteiger charge is 2.15. The van der Waals surface area contributed by atoms with Gasteiger partial charge in [0.1, 0.15) is 17.1 Å². The van der Waals surface area contributed by atoms with Crippen molar-refractivity contribution >= 4 is 11.9 Å². The fourth-order valence-electron chi connectivity index (χ4n) is 1.60. The molecule has 98 valence electrons. The van der Waals surface area contributed by atoms with Crippen LogP contribution in [0.4, 0.5) is 0 Å². The number of hydrogen-bond donors (Lipinski definition) is 1. The molecule has 0 unspecified atom stereocenters. The standard InChI is InChI=1S/C13H12N2O4/c1-8-5-11(17)12(13(18)19-8)10(16)4-3-9-6-14-15(2)7-9/h3-7,17H,1-2H3/b4-3+. The molecule has 2 aromatic heterocycles. The molecule has 0 aliphatic heterocycles. The maximum atomic E-state index is 11.8. The minimum Gasteiger partial charge on any atom is -0.507 e. The second-order valence-corrected chi connectivity index (χ2v) is 4.05. The van der Waals surface area contributed by atoms with Gasteiger partial charge >= 0.3 is 5.63 Å². The van der Waals surface area contributed by atoms with Gasteiger partial charge in [-0.15, -0.1) is 0 Å². The Morgan fingerprint density at radius 2 is 2.26 bits per heavy atom. The number of aromatic nitrogens is 2. The van der Waals surface area contributed by atoms with Crippen LogP contribution in [-0.4, -0.2) is 20.7 Å². The van der Waals surface area contributed by atoms with Crippen molar-refractivity contribution in [3.8, 4) is 5.75 Å². The number of carbonyl (C=O) groups excluding carboxylic acids is 1. The van der Waals surface area contributed by atoms with Crippen LogP contribution in [0.15, 0.2) is 33.7 Å². The number of rotatable bonds is 3. The number of nitrogens with zero attached hydrogens (tertiary/aromatic N) is 2. The minimum absolute atomic E-state index is 0.246. The van der Waals surface area contributed by atoms with Crippen molar-refractivity contribution in [2.45, 2.75) is 6.92 Å². The molecule has 0 saturated heterocycles. The Hall–Kier alpha value is -2.63. The predicted molar refractivity (Wildman–Crippen MR) is 68.0 cm³/mol. The Morgan fingerprint density at radius 1 is 1.53 bits per heavy atom. The average molecular weight is 260 g/mol. The second-order valence-electron chi connectivity index (χ2n) is 4.05. The van der Waals surface area contributed by atoms with Gasteiger partial charge in [-0.2, -0.15) is 5.10 Å². The summed E-state index contributed by atoms with van der Waals surface area (Å²) in [6, 6.07) is 1.23. The molecule has 2 rings (SSSR count). The Labute approximate surface area is 108 Å². The summed E-state index contributed by atoms with van der Waals surface area (Å²) in [4.78, 5) is 23.4. The molecular weight excluding hydrogens is 248 g/mol. The van der Waals surface area contributed by atoms with E-state index in [-0.39, 0.29) is 17.1 Å². The lowest BCUT2D eigenvalue weighted by Gasteiger charge is -1.99. The first-order valence-electron chi connectivity index (χ1n) is 5.52. The van der Waals surface area contributed by atoms with Gasteiger partial charge in [-0.05, 0) is 19.1 Å². The van der Waals surface area contributed by atoms with E-state index in [0.29, 0.717) is 5.56 Å². The molecule has 0 radical (unpaired) electrons. The molecule has 6 nitrogen and oxygen atoms in total. The van der Waals surface area contributed by atoms with Gasteiger partial charge in [0.2, 0.25) is 0 Å². The number of ketones is 1. The molecular formula is C13H12N2O4. The highest BCUT2D eigenvalue weighted by molar-refractivity contribution is 6.08. The number of aromatic hydroxyl groups is 1. The molecule has 2 aromatic rings. The van der Waals surface area contributed by atoms with Crippen LogP contribution in [-0.2, 0) is 7.05 Å². The molecule has 0 saturated carbocycles. The molecule has 0 amide bonds. The van der Waals surface area contributed by atoms with Crippen LogP contribution in [0.5, 0.6) is 5.75 Å². The largest absolute Gasteiger partial charge is 0.507 e. The molecule has 0 aliphatic rings. The Morgan fingerprint density at radius 3 is 2.84 bits per heavy atom. The zero-order valence-electron chi connectivity index (χ0n) is 10.5. The molecule has 1 N–H and O–H groups in total. The summed E-state index contributed by atoms with van der Waals surface area (Å²) in [5, 5.41) is 13.6. The van der Waals surface area contributed by atoms with Crippen molar-refractivity contribution in [3.05, 3.63) is 51.8 Å². The van der Waals surface area contributed by atoms with Crippen LogP contribution < -0.4 is 5.63 Å². The lowest BCUT2D eigenvalue weighted by atomic mass is 10.1. The van der Waals surface area contributed by atoms with Crippen molar-refractivity contribution in [1.82, 2.24) is 9.78 Å². The first kappa shape index (κ1) is 12.8. The Kier molecular flexibility index (Phi) is 3.33. The van der Waals surface area contributed by atoms with Crippen molar-refractivity contribution in [1.29, 1.82) is 0 Å². The van der Waals surface area contributed by atoms with Crippen LogP contribution in [0.1, 0.15) is 21.7 Å². The third-order valence-electron chi connectivity index (χ3n) is 2.45. The number of hydrogen-bond acceptors (Lipinski definition) is 5. The van der Waals surface area contributed by atoms with Crippen molar-refractivity contribution < 1.29 is 14.3 Å². The van der Waals surface area contributed by atoms with Gasteiger partial charge in [0.15, 0.2) is 5.78 Å². The van der Waals surface area contributed by atoms with Gasteiger partial charge in [0, 0.05) is 24.9 Å². The van der Waals surface area contributed by atoms with Gasteiger partial charge < -0.3 is 9.52 Å². The molecule has 0 aliphatic carbocycles. The summed E-state index contributed by atoms with van der Waals surface area (Å²) in [5.74, 6) is -0.750. The van der Waals surface area contributed by atoms with Crippen LogP contribution in [0.3, 0.4) is 0 Å². The number of aryl methyl sites for hydroxylation is 2. The summed E-state index contributed by atoms with van der Waals surface area (Å²) in [5.41, 5.74) is -0.504. The van der Waals surface area contributed by atoms with Gasteiger partial charge in [0.05, 0.1) is 6.20 Å². The maximum Gasteiger partial charge on any atom is 0.351 e. The van der Waals surface area contributed by atoms with Gasteiger partial charge in [0.25, 0.3) is 0 Å². The maximum absolute atomic E-state index is 11.8. The molecule has 0 aromatic carbocycles. The van der Waals surface area contributed by atoms with E-state index in [2.05, 4.69) is 5.10 Å². The zero-order valence-corrected chi connectivity index (χ0v) is 10.5. The van der Waals surface area contributed by atoms with Crippen molar-refractivity contribution in [2.24, 2.45) is 7.05 Å². The zero-order chi connectivity index (χ0) is 14.0. The first-order chi connectivity index (χ1) is 8.97. The lowest BCUT2D eigenvalue weighted by molar-refractivity contribution is 0.104. The minimum atomic E-state index is -0.849. The van der Waals surface area contributed by atoms with E-state index in [1.165, 1.54) is 25.1 Å². The van der Waals surface area contributed by atoms with Gasteiger partial charge in [-0.25, -0.2) is 4.79 Å². The van der Waals surface area contributed by atoms with E-state index >= 15 is 0 Å². The van der Waals surface area contributed by atoms with E-state index in [1.54, 1.807) is 24.1 Å². The molecule has 0 bridgehead atoms. The Bertz CT molecular complexity index is 710. The third kappa shape index (κ3) is 2.79. The summed E-state index contributed by atoms with van der Waals surface area (Å²) < 4.78 is 6.36. The van der Waals surface area contributed by atoms with Crippen LogP contribution in [0, 0.1) is 6.92 Å². The van der Waals surface area contributed by atoms with Gasteiger partial charge in [-0.1, -0.05) is 0 Å². The van der Waals surface area contributed by atoms with E-state index in [0.717, 1.165) is 0 Å². The first-order valence-corrected chi connectivity index (χ1v) is 5.52. The summed E-state index contributed by atoms with van der Waals surface area (Å²) in [6.07, 6.45) is 5.98. The summed E-state index contributed by atoms with van der Waals surface area (Å²) in [6.45, 7) is 1.51.